The molecule has 0 bridgehead atoms. The van der Waals surface area contributed by atoms with E-state index in [0.717, 1.165) is 18.4 Å². The summed E-state index contributed by atoms with van der Waals surface area (Å²) in [6.07, 6.45) is -0.283. The topological polar surface area (TPSA) is 89.9 Å². The van der Waals surface area contributed by atoms with Crippen LogP contribution in [0.15, 0.2) is 24.3 Å². The van der Waals surface area contributed by atoms with Gasteiger partial charge in [-0.1, -0.05) is 37.6 Å². The molecular weight excluding hydrogens is 334 g/mol. The molecule has 1 N–H and O–H groups in total. The van der Waals surface area contributed by atoms with Gasteiger partial charge in [-0.15, -0.1) is 0 Å². The number of halogens is 1. The Kier molecular flexibility index (Phi) is 5.85. The molecule has 1 aromatic carbocycles. The number of benzene rings is 1. The van der Waals surface area contributed by atoms with Gasteiger partial charge >= 0.3 is 5.97 Å². The first-order valence-electron chi connectivity index (χ1n) is 7.83. The van der Waals surface area contributed by atoms with Crippen molar-refractivity contribution in [3.63, 3.8) is 0 Å². The summed E-state index contributed by atoms with van der Waals surface area (Å²) in [5, 5.41) is 21.4. The van der Waals surface area contributed by atoms with Crippen LogP contribution < -0.4 is 5.11 Å². The molecular formula is C17H21ClNO5-. The van der Waals surface area contributed by atoms with E-state index in [0.29, 0.717) is 11.6 Å². The van der Waals surface area contributed by atoms with E-state index in [-0.39, 0.29) is 6.04 Å². The Labute approximate surface area is 146 Å². The molecule has 0 aromatic heterocycles. The van der Waals surface area contributed by atoms with Crippen molar-refractivity contribution in [3.8, 4) is 0 Å². The first-order chi connectivity index (χ1) is 11.2. The summed E-state index contributed by atoms with van der Waals surface area (Å²) < 4.78 is 5.18. The molecule has 1 aliphatic heterocycles. The Morgan fingerprint density at radius 3 is 2.79 bits per heavy atom. The van der Waals surface area contributed by atoms with Crippen LogP contribution in [0.5, 0.6) is 0 Å². The number of amides is 1. The molecule has 1 heterocycles. The number of nitrogens with zero attached hydrogens (tertiary/aromatic N) is 1. The van der Waals surface area contributed by atoms with Crippen molar-refractivity contribution in [2.24, 2.45) is 0 Å². The van der Waals surface area contributed by atoms with Gasteiger partial charge in [0.1, 0.15) is 6.10 Å². The Morgan fingerprint density at radius 1 is 1.50 bits per heavy atom. The largest absolute Gasteiger partial charge is 0.829 e. The highest BCUT2D eigenvalue weighted by Crippen LogP contribution is 2.34. The smallest absolute Gasteiger partial charge is 0.306 e. The molecule has 1 aliphatic rings. The summed E-state index contributed by atoms with van der Waals surface area (Å²) >= 11 is 6.02. The second-order valence-corrected chi connectivity index (χ2v) is 6.79. The Morgan fingerprint density at radius 2 is 2.21 bits per heavy atom. The van der Waals surface area contributed by atoms with E-state index in [1.165, 1.54) is 13.8 Å². The number of ether oxygens (including phenoxy) is 1. The maximum absolute atomic E-state index is 12.8. The van der Waals surface area contributed by atoms with Crippen molar-refractivity contribution in [2.45, 2.75) is 51.0 Å². The second-order valence-electron chi connectivity index (χ2n) is 6.35. The van der Waals surface area contributed by atoms with Crippen molar-refractivity contribution in [1.82, 2.24) is 4.90 Å². The van der Waals surface area contributed by atoms with E-state index in [9.17, 15) is 14.7 Å². The predicted octanol–water partition coefficient (Wildman–Crippen LogP) is 1.96. The fraction of sp³-hybridized carbons (Fsp3) is 0.529. The van der Waals surface area contributed by atoms with Crippen LogP contribution in [0.1, 0.15) is 44.7 Å². The summed E-state index contributed by atoms with van der Waals surface area (Å²) in [4.78, 5) is 25.4. The van der Waals surface area contributed by atoms with Crippen molar-refractivity contribution < 1.29 is 24.5 Å². The van der Waals surface area contributed by atoms with Crippen molar-refractivity contribution in [2.75, 3.05) is 6.54 Å². The van der Waals surface area contributed by atoms with Gasteiger partial charge in [-0.25, -0.2) is 0 Å². The van der Waals surface area contributed by atoms with Gasteiger partial charge in [0.2, 0.25) is 0 Å². The van der Waals surface area contributed by atoms with Gasteiger partial charge in [0.25, 0.3) is 5.91 Å². The van der Waals surface area contributed by atoms with Crippen LogP contribution in [-0.2, 0) is 14.3 Å². The van der Waals surface area contributed by atoms with E-state index >= 15 is 0 Å². The lowest BCUT2D eigenvalue weighted by Crippen LogP contribution is -2.49. The molecule has 132 valence electrons. The lowest BCUT2D eigenvalue weighted by atomic mass is 10.0. The molecule has 2 rings (SSSR count). The minimum atomic E-state index is -1.85. The highest BCUT2D eigenvalue weighted by molar-refractivity contribution is 6.30. The average Bonchev–Trinajstić information content (AvgIpc) is 2.93. The van der Waals surface area contributed by atoms with Gasteiger partial charge in [-0.3, -0.25) is 9.59 Å². The van der Waals surface area contributed by atoms with Crippen LogP contribution in [0, 0.1) is 0 Å². The number of hydrogen-bond donors (Lipinski definition) is 1. The lowest BCUT2D eigenvalue weighted by Gasteiger charge is -2.37. The fourth-order valence-electron chi connectivity index (χ4n) is 2.96. The number of carbonyl (C=O) groups is 2. The molecule has 7 heteroatoms. The highest BCUT2D eigenvalue weighted by atomic mass is 35.5. The van der Waals surface area contributed by atoms with E-state index in [4.69, 9.17) is 21.4 Å². The molecule has 0 spiro atoms. The van der Waals surface area contributed by atoms with E-state index in [2.05, 4.69) is 0 Å². The van der Waals surface area contributed by atoms with Crippen molar-refractivity contribution in [3.05, 3.63) is 34.9 Å². The van der Waals surface area contributed by atoms with Gasteiger partial charge in [-0.2, -0.15) is 0 Å². The monoisotopic (exact) mass is 354 g/mol. The molecule has 0 radical (unpaired) electrons. The molecule has 6 nitrogen and oxygen atoms in total. The highest BCUT2D eigenvalue weighted by Gasteiger charge is 2.36. The lowest BCUT2D eigenvalue weighted by molar-refractivity contribution is -0.546. The number of hydrogen-bond acceptors (Lipinski definition) is 4. The van der Waals surface area contributed by atoms with Crippen LogP contribution in [0.3, 0.4) is 0 Å². The Bertz CT molecular complexity index is 613. The number of carboxylic acid groups (broad SMARTS) is 1. The van der Waals surface area contributed by atoms with Gasteiger partial charge in [0.15, 0.2) is 0 Å². The molecule has 1 amide bonds. The Balaban J connectivity index is 2.22. The van der Waals surface area contributed by atoms with Crippen LogP contribution in [-0.4, -0.2) is 40.3 Å². The third-order valence-corrected chi connectivity index (χ3v) is 4.07. The zero-order valence-corrected chi connectivity index (χ0v) is 14.5. The van der Waals surface area contributed by atoms with Crippen LogP contribution >= 0.6 is 11.6 Å². The van der Waals surface area contributed by atoms with Crippen molar-refractivity contribution in [1.29, 1.82) is 0 Å². The summed E-state index contributed by atoms with van der Waals surface area (Å²) in [5.41, 5.74) is 0.892. The first-order valence-corrected chi connectivity index (χ1v) is 8.21. The number of aliphatic carboxylic acids is 1. The molecule has 1 fully saturated rings. The second kappa shape index (κ2) is 7.51. The third kappa shape index (κ3) is 4.93. The molecule has 1 aromatic rings. The third-order valence-electron chi connectivity index (χ3n) is 3.83. The van der Waals surface area contributed by atoms with Crippen molar-refractivity contribution >= 4 is 23.5 Å². The quantitative estimate of drug-likeness (QED) is 0.789. The maximum atomic E-state index is 12.8. The van der Waals surface area contributed by atoms with Crippen LogP contribution in [0.25, 0.3) is 0 Å². The van der Waals surface area contributed by atoms with E-state index < -0.39 is 30.2 Å². The predicted molar refractivity (Wildman–Crippen MR) is 86.3 cm³/mol. The molecule has 0 unspecified atom stereocenters. The van der Waals surface area contributed by atoms with E-state index in [1.54, 1.807) is 17.0 Å². The zero-order valence-electron chi connectivity index (χ0n) is 13.7. The summed E-state index contributed by atoms with van der Waals surface area (Å²) in [7, 11) is 0. The fourth-order valence-corrected chi connectivity index (χ4v) is 3.16. The standard InChI is InChI=1S/C17H21ClNO5/c1-17(2,23)24-14(10-15(20)21)16(22)19-8-4-7-13(19)11-5-3-6-12(18)9-11/h3,5-6,9,13-14H,4,7-8,10H2,1-2H3,(H,20,21)/q-1/t13-,14-/m1/s1. The molecule has 1 saturated heterocycles. The van der Waals surface area contributed by atoms with Gasteiger partial charge in [0.05, 0.1) is 12.5 Å². The number of carboxylic acids is 1. The van der Waals surface area contributed by atoms with Crippen LogP contribution in [0.4, 0.5) is 0 Å². The number of carbonyl (C=O) groups excluding carboxylic acids is 1. The molecule has 0 aliphatic carbocycles. The van der Waals surface area contributed by atoms with Crippen LogP contribution in [0.2, 0.25) is 5.02 Å². The summed E-state index contributed by atoms with van der Waals surface area (Å²) in [6.45, 7) is 3.01. The SMILES string of the molecule is CC(C)([O-])O[C@H](CC(=O)O)C(=O)N1CCC[C@@H]1c1cccc(Cl)c1. The normalized spacial score (nSPS) is 19.3. The zero-order chi connectivity index (χ0) is 17.9. The average molecular weight is 355 g/mol. The van der Waals surface area contributed by atoms with Gasteiger partial charge in [-0.05, 0) is 36.3 Å². The van der Waals surface area contributed by atoms with Gasteiger partial charge in [0, 0.05) is 11.6 Å². The molecule has 0 saturated carbocycles. The molecule has 24 heavy (non-hydrogen) atoms. The minimum absolute atomic E-state index is 0.189. The van der Waals surface area contributed by atoms with E-state index in [1.807, 2.05) is 12.1 Å². The maximum Gasteiger partial charge on any atom is 0.306 e. The number of likely N-dealkylation sites (tertiary alicyclic amines) is 1. The molecule has 2 atom stereocenters. The minimum Gasteiger partial charge on any atom is -0.829 e. The number of rotatable bonds is 6. The first kappa shape index (κ1) is 18.7. The summed E-state index contributed by atoms with van der Waals surface area (Å²) in [6, 6.07) is 7.05. The van der Waals surface area contributed by atoms with Gasteiger partial charge < -0.3 is 19.8 Å². The summed E-state index contributed by atoms with van der Waals surface area (Å²) in [5.74, 6) is -3.50. The Hall–Kier alpha value is -1.63.